The van der Waals surface area contributed by atoms with Gasteiger partial charge in [-0.3, -0.25) is 0 Å². The van der Waals surface area contributed by atoms with Gasteiger partial charge in [-0.2, -0.15) is 0 Å². The number of rotatable bonds is 6. The third-order valence-corrected chi connectivity index (χ3v) is 7.23. The molecule has 1 aliphatic rings. The molecule has 0 heterocycles. The first-order chi connectivity index (χ1) is 18.7. The van der Waals surface area contributed by atoms with Crippen LogP contribution in [-0.2, 0) is 5.60 Å². The number of ether oxygens (including phenoxy) is 1. The second-order valence-electron chi connectivity index (χ2n) is 9.40. The summed E-state index contributed by atoms with van der Waals surface area (Å²) >= 11 is 0. The number of allylic oxidation sites excluding steroid dienone is 2. The van der Waals surface area contributed by atoms with Crippen LogP contribution in [0.5, 0.6) is 5.75 Å². The minimum atomic E-state index is -1.43. The summed E-state index contributed by atoms with van der Waals surface area (Å²) < 4.78 is 5.46. The van der Waals surface area contributed by atoms with Gasteiger partial charge in [0, 0.05) is 11.1 Å². The number of hydrogen-bond donors (Lipinski definition) is 1. The number of methoxy groups -OCH3 is 1. The number of benzene rings is 5. The van der Waals surface area contributed by atoms with Crippen molar-refractivity contribution >= 4 is 22.3 Å². The maximum absolute atomic E-state index is 13.3. The summed E-state index contributed by atoms with van der Waals surface area (Å²) in [5, 5.41) is 13.3. The van der Waals surface area contributed by atoms with Gasteiger partial charge in [-0.15, -0.1) is 0 Å². The molecular weight excluding hydrogens is 464 g/mol. The Morgan fingerprint density at radius 2 is 0.789 bits per heavy atom. The lowest BCUT2D eigenvalue weighted by atomic mass is 9.76. The van der Waals surface area contributed by atoms with E-state index in [-0.39, 0.29) is 0 Å². The Morgan fingerprint density at radius 3 is 1.13 bits per heavy atom. The topological polar surface area (TPSA) is 29.5 Å². The highest BCUT2D eigenvalue weighted by atomic mass is 16.5. The molecule has 1 aliphatic carbocycles. The molecule has 2 heteroatoms. The van der Waals surface area contributed by atoms with Crippen LogP contribution in [0.3, 0.4) is 0 Å². The summed E-state index contributed by atoms with van der Waals surface area (Å²) in [5.74, 6) is 0.748. The van der Waals surface area contributed by atoms with Crippen LogP contribution in [0, 0.1) is 0 Å². The first-order valence-corrected chi connectivity index (χ1v) is 12.8. The third kappa shape index (κ3) is 3.96. The molecule has 38 heavy (non-hydrogen) atoms. The minimum Gasteiger partial charge on any atom is -0.497 e. The van der Waals surface area contributed by atoms with Gasteiger partial charge in [-0.25, -0.2) is 0 Å². The Kier molecular flexibility index (Phi) is 6.25. The maximum atomic E-state index is 13.3. The second-order valence-corrected chi connectivity index (χ2v) is 9.40. The fourth-order valence-corrected chi connectivity index (χ4v) is 5.56. The monoisotopic (exact) mass is 492 g/mol. The zero-order chi connectivity index (χ0) is 26.0. The molecule has 1 N–H and O–H groups in total. The standard InChI is InChI=1S/C36H28O2/c1-38-31-24-22-30(23-25-31)36(37)34(28-18-10-4-11-19-28)32(26-14-6-2-7-15-26)33(27-16-8-3-9-17-27)35(36)29-20-12-5-13-21-29/h2-25,37H,1H3. The predicted octanol–water partition coefficient (Wildman–Crippen LogP) is 8.12. The van der Waals surface area contributed by atoms with Crippen LogP contribution in [0.1, 0.15) is 27.8 Å². The van der Waals surface area contributed by atoms with E-state index in [9.17, 15) is 5.11 Å². The van der Waals surface area contributed by atoms with E-state index in [1.807, 2.05) is 72.8 Å². The van der Waals surface area contributed by atoms with E-state index < -0.39 is 5.60 Å². The average Bonchev–Trinajstić information content (AvgIpc) is 3.29. The van der Waals surface area contributed by atoms with Crippen LogP contribution in [-0.4, -0.2) is 12.2 Å². The smallest absolute Gasteiger partial charge is 0.142 e. The molecule has 0 saturated heterocycles. The van der Waals surface area contributed by atoms with Gasteiger partial charge in [-0.1, -0.05) is 133 Å². The molecule has 0 spiro atoms. The zero-order valence-corrected chi connectivity index (χ0v) is 21.2. The molecule has 0 atom stereocenters. The highest BCUT2D eigenvalue weighted by Gasteiger charge is 2.48. The summed E-state index contributed by atoms with van der Waals surface area (Å²) in [6, 6.07) is 49.1. The van der Waals surface area contributed by atoms with Gasteiger partial charge < -0.3 is 9.84 Å². The molecule has 2 nitrogen and oxygen atoms in total. The van der Waals surface area contributed by atoms with Crippen molar-refractivity contribution in [3.8, 4) is 5.75 Å². The van der Waals surface area contributed by atoms with E-state index >= 15 is 0 Å². The first kappa shape index (κ1) is 23.7. The lowest BCUT2D eigenvalue weighted by molar-refractivity contribution is 0.167. The lowest BCUT2D eigenvalue weighted by Crippen LogP contribution is -2.27. The molecule has 0 aromatic heterocycles. The molecule has 6 rings (SSSR count). The summed E-state index contributed by atoms with van der Waals surface area (Å²) in [4.78, 5) is 0. The van der Waals surface area contributed by atoms with Crippen molar-refractivity contribution in [3.05, 3.63) is 173 Å². The van der Waals surface area contributed by atoms with Crippen molar-refractivity contribution in [1.29, 1.82) is 0 Å². The van der Waals surface area contributed by atoms with Gasteiger partial charge in [0.25, 0.3) is 0 Å². The average molecular weight is 493 g/mol. The quantitative estimate of drug-likeness (QED) is 0.259. The molecule has 0 aliphatic heterocycles. The van der Waals surface area contributed by atoms with Crippen LogP contribution in [0.4, 0.5) is 0 Å². The predicted molar refractivity (Wildman–Crippen MR) is 156 cm³/mol. The van der Waals surface area contributed by atoms with Crippen molar-refractivity contribution in [2.24, 2.45) is 0 Å². The Balaban J connectivity index is 1.80. The van der Waals surface area contributed by atoms with Gasteiger partial charge in [0.15, 0.2) is 0 Å². The lowest BCUT2D eigenvalue weighted by Gasteiger charge is -2.32. The third-order valence-electron chi connectivity index (χ3n) is 7.23. The molecule has 0 fully saturated rings. The van der Waals surface area contributed by atoms with Crippen molar-refractivity contribution < 1.29 is 9.84 Å². The van der Waals surface area contributed by atoms with Crippen molar-refractivity contribution in [1.82, 2.24) is 0 Å². The van der Waals surface area contributed by atoms with Crippen LogP contribution >= 0.6 is 0 Å². The van der Waals surface area contributed by atoms with E-state index in [0.717, 1.165) is 55.9 Å². The maximum Gasteiger partial charge on any atom is 0.142 e. The Hall–Kier alpha value is -4.66. The second kappa shape index (κ2) is 10.0. The summed E-state index contributed by atoms with van der Waals surface area (Å²) in [6.45, 7) is 0. The summed E-state index contributed by atoms with van der Waals surface area (Å²) in [7, 11) is 1.66. The van der Waals surface area contributed by atoms with Crippen LogP contribution in [0.25, 0.3) is 22.3 Å². The highest BCUT2D eigenvalue weighted by Crippen LogP contribution is 2.60. The van der Waals surface area contributed by atoms with Crippen molar-refractivity contribution in [3.63, 3.8) is 0 Å². The van der Waals surface area contributed by atoms with Gasteiger partial charge in [0.2, 0.25) is 0 Å². The molecule has 5 aromatic carbocycles. The van der Waals surface area contributed by atoms with Gasteiger partial charge in [0.05, 0.1) is 7.11 Å². The van der Waals surface area contributed by atoms with Gasteiger partial charge >= 0.3 is 0 Å². The SMILES string of the molecule is COc1ccc(C2(O)C(c3ccccc3)=C(c3ccccc3)C(c3ccccc3)=C2c2ccccc2)cc1. The van der Waals surface area contributed by atoms with Crippen LogP contribution < -0.4 is 4.74 Å². The fourth-order valence-electron chi connectivity index (χ4n) is 5.56. The zero-order valence-electron chi connectivity index (χ0n) is 21.2. The van der Waals surface area contributed by atoms with Crippen LogP contribution in [0.15, 0.2) is 146 Å². The summed E-state index contributed by atoms with van der Waals surface area (Å²) in [6.07, 6.45) is 0. The van der Waals surface area contributed by atoms with E-state index in [0.29, 0.717) is 0 Å². The number of aliphatic hydroxyl groups is 1. The Morgan fingerprint density at radius 1 is 0.447 bits per heavy atom. The van der Waals surface area contributed by atoms with Gasteiger partial charge in [0.1, 0.15) is 11.4 Å². The molecule has 0 bridgehead atoms. The van der Waals surface area contributed by atoms with Crippen molar-refractivity contribution in [2.75, 3.05) is 7.11 Å². The van der Waals surface area contributed by atoms with Gasteiger partial charge in [-0.05, 0) is 51.1 Å². The first-order valence-electron chi connectivity index (χ1n) is 12.8. The molecule has 0 radical (unpaired) electrons. The number of hydrogen-bond acceptors (Lipinski definition) is 2. The van der Waals surface area contributed by atoms with E-state index in [1.165, 1.54) is 0 Å². The van der Waals surface area contributed by atoms with E-state index in [2.05, 4.69) is 72.8 Å². The molecular formula is C36H28O2. The minimum absolute atomic E-state index is 0.748. The molecule has 5 aromatic rings. The molecule has 0 amide bonds. The fraction of sp³-hybridized carbons (Fsp3) is 0.0556. The molecule has 0 saturated carbocycles. The largest absolute Gasteiger partial charge is 0.497 e. The Labute approximate surface area is 223 Å². The Bertz CT molecular complexity index is 1500. The van der Waals surface area contributed by atoms with E-state index in [1.54, 1.807) is 7.11 Å². The molecule has 0 unspecified atom stereocenters. The molecule has 184 valence electrons. The summed E-state index contributed by atoms with van der Waals surface area (Å²) in [5.41, 5.74) is 7.22. The van der Waals surface area contributed by atoms with Crippen LogP contribution in [0.2, 0.25) is 0 Å². The highest BCUT2D eigenvalue weighted by molar-refractivity contribution is 6.30. The van der Waals surface area contributed by atoms with Crippen molar-refractivity contribution in [2.45, 2.75) is 5.60 Å². The van der Waals surface area contributed by atoms with E-state index in [4.69, 9.17) is 4.74 Å². The normalized spacial score (nSPS) is 14.6.